The van der Waals surface area contributed by atoms with Crippen molar-refractivity contribution in [2.24, 2.45) is 16.5 Å². The molecule has 0 radical (unpaired) electrons. The number of aliphatic imine (C=N–C) groups is 1. The van der Waals surface area contributed by atoms with Crippen LogP contribution in [0.1, 0.15) is 10.4 Å². The zero-order valence-electron chi connectivity index (χ0n) is 14.7. The minimum Gasteiger partial charge on any atom is -0.423 e. The first kappa shape index (κ1) is 17.7. The van der Waals surface area contributed by atoms with E-state index >= 15 is 0 Å². The number of rotatable bonds is 4. The van der Waals surface area contributed by atoms with Gasteiger partial charge in [-0.3, -0.25) is 0 Å². The van der Waals surface area contributed by atoms with Crippen LogP contribution in [0.25, 0.3) is 22.0 Å². The van der Waals surface area contributed by atoms with Crippen molar-refractivity contribution < 1.29 is 9.53 Å². The third kappa shape index (κ3) is 3.70. The molecule has 4 rings (SSSR count). The van der Waals surface area contributed by atoms with E-state index in [0.29, 0.717) is 16.4 Å². The van der Waals surface area contributed by atoms with Crippen LogP contribution in [-0.4, -0.2) is 16.9 Å². The predicted molar refractivity (Wildman–Crippen MR) is 112 cm³/mol. The van der Waals surface area contributed by atoms with Gasteiger partial charge in [-0.1, -0.05) is 36.4 Å². The third-order valence-electron chi connectivity index (χ3n) is 4.09. The van der Waals surface area contributed by atoms with Crippen molar-refractivity contribution in [2.45, 2.75) is 0 Å². The maximum absolute atomic E-state index is 12.6. The van der Waals surface area contributed by atoms with E-state index < -0.39 is 5.97 Å². The summed E-state index contributed by atoms with van der Waals surface area (Å²) in [5.41, 5.74) is 12.9. The Morgan fingerprint density at radius 1 is 0.964 bits per heavy atom. The molecule has 4 N–H and O–H groups in total. The molecular weight excluding hydrogens is 372 g/mol. The summed E-state index contributed by atoms with van der Waals surface area (Å²) in [6.45, 7) is 0. The van der Waals surface area contributed by atoms with E-state index in [0.717, 1.165) is 22.0 Å². The first-order valence-electron chi connectivity index (χ1n) is 8.46. The van der Waals surface area contributed by atoms with Crippen LogP contribution in [0.15, 0.2) is 77.1 Å². The number of ether oxygens (including phenoxy) is 1. The van der Waals surface area contributed by atoms with Crippen molar-refractivity contribution in [3.8, 4) is 17.0 Å². The van der Waals surface area contributed by atoms with Crippen LogP contribution in [0.2, 0.25) is 0 Å². The average molecular weight is 388 g/mol. The number of carbonyl (C=O) groups excluding carboxylic acids is 1. The van der Waals surface area contributed by atoms with Gasteiger partial charge in [0.15, 0.2) is 5.96 Å². The second kappa shape index (κ2) is 7.50. The number of thiazole rings is 1. The highest BCUT2D eigenvalue weighted by molar-refractivity contribution is 7.13. The van der Waals surface area contributed by atoms with E-state index in [1.54, 1.807) is 18.2 Å². The molecule has 0 saturated heterocycles. The van der Waals surface area contributed by atoms with Gasteiger partial charge in [0.25, 0.3) is 0 Å². The molecule has 1 heterocycles. The van der Waals surface area contributed by atoms with Crippen molar-refractivity contribution in [3.63, 3.8) is 0 Å². The van der Waals surface area contributed by atoms with Crippen LogP contribution in [0, 0.1) is 0 Å². The molecule has 0 amide bonds. The molecule has 0 fully saturated rings. The number of hydrogen-bond acceptors (Lipinski definition) is 5. The van der Waals surface area contributed by atoms with Crippen molar-refractivity contribution in [1.82, 2.24) is 4.98 Å². The van der Waals surface area contributed by atoms with E-state index in [4.69, 9.17) is 16.2 Å². The first-order valence-corrected chi connectivity index (χ1v) is 9.34. The standard InChI is InChI=1S/C21H16N4O2S/c22-20(23)25-21-24-18(12-28-21)14-8-10-15(11-9-14)27-19(26)17-7-3-5-13-4-1-2-6-16(13)17/h1-12H,(H4,22,23,24,25). The molecule has 3 aromatic carbocycles. The van der Waals surface area contributed by atoms with E-state index in [9.17, 15) is 4.79 Å². The molecular formula is C21H16N4O2S. The zero-order chi connectivity index (χ0) is 19.5. The molecule has 7 heteroatoms. The molecule has 0 aliphatic carbocycles. The number of benzene rings is 3. The van der Waals surface area contributed by atoms with Gasteiger partial charge in [0.1, 0.15) is 5.75 Å². The molecule has 28 heavy (non-hydrogen) atoms. The van der Waals surface area contributed by atoms with Gasteiger partial charge in [0, 0.05) is 10.9 Å². The molecule has 0 atom stereocenters. The highest BCUT2D eigenvalue weighted by Crippen LogP contribution is 2.28. The van der Waals surface area contributed by atoms with Crippen LogP contribution in [0.3, 0.4) is 0 Å². The molecule has 0 aliphatic heterocycles. The SMILES string of the molecule is NC(N)=Nc1nc(-c2ccc(OC(=O)c3cccc4ccccc34)cc2)cs1. The number of nitrogens with two attached hydrogens (primary N) is 2. The Balaban J connectivity index is 1.54. The maximum Gasteiger partial charge on any atom is 0.344 e. The zero-order valence-corrected chi connectivity index (χ0v) is 15.5. The summed E-state index contributed by atoms with van der Waals surface area (Å²) in [7, 11) is 0. The van der Waals surface area contributed by atoms with Crippen molar-refractivity contribution in [2.75, 3.05) is 0 Å². The Kier molecular flexibility index (Phi) is 4.74. The summed E-state index contributed by atoms with van der Waals surface area (Å²) in [5, 5.41) is 4.20. The molecule has 6 nitrogen and oxygen atoms in total. The van der Waals surface area contributed by atoms with Gasteiger partial charge in [-0.25, -0.2) is 9.78 Å². The van der Waals surface area contributed by atoms with Crippen molar-refractivity contribution in [3.05, 3.63) is 77.7 Å². The third-order valence-corrected chi connectivity index (χ3v) is 4.82. The summed E-state index contributed by atoms with van der Waals surface area (Å²) in [6, 6.07) is 20.4. The lowest BCUT2D eigenvalue weighted by Gasteiger charge is -2.07. The van der Waals surface area contributed by atoms with Gasteiger partial charge in [0.2, 0.25) is 5.13 Å². The van der Waals surface area contributed by atoms with Crippen LogP contribution < -0.4 is 16.2 Å². The van der Waals surface area contributed by atoms with Gasteiger partial charge < -0.3 is 16.2 Å². The lowest BCUT2D eigenvalue weighted by atomic mass is 10.0. The van der Waals surface area contributed by atoms with Crippen LogP contribution in [0.5, 0.6) is 5.75 Å². The summed E-state index contributed by atoms with van der Waals surface area (Å²) < 4.78 is 5.55. The number of fused-ring (bicyclic) bond motifs is 1. The fourth-order valence-electron chi connectivity index (χ4n) is 2.82. The highest BCUT2D eigenvalue weighted by Gasteiger charge is 2.12. The largest absolute Gasteiger partial charge is 0.423 e. The summed E-state index contributed by atoms with van der Waals surface area (Å²) in [6.07, 6.45) is 0. The topological polar surface area (TPSA) is 104 Å². The number of carbonyl (C=O) groups is 1. The van der Waals surface area contributed by atoms with Gasteiger partial charge >= 0.3 is 5.97 Å². The van der Waals surface area contributed by atoms with Crippen molar-refractivity contribution >= 4 is 39.2 Å². The lowest BCUT2D eigenvalue weighted by Crippen LogP contribution is -2.21. The summed E-state index contributed by atoms with van der Waals surface area (Å²) in [4.78, 5) is 20.9. The molecule has 4 aromatic rings. The quantitative estimate of drug-likeness (QED) is 0.237. The number of aromatic nitrogens is 1. The normalized spacial score (nSPS) is 10.6. The number of esters is 1. The lowest BCUT2D eigenvalue weighted by molar-refractivity contribution is 0.0737. The van der Waals surface area contributed by atoms with Crippen molar-refractivity contribution in [1.29, 1.82) is 0 Å². The molecule has 0 aliphatic rings. The Hall–Kier alpha value is -3.71. The molecule has 0 bridgehead atoms. The van der Waals surface area contributed by atoms with E-state index in [1.807, 2.05) is 53.9 Å². The average Bonchev–Trinajstić information content (AvgIpc) is 3.16. The van der Waals surface area contributed by atoms with Gasteiger partial charge in [-0.05, 0) is 41.1 Å². The first-order chi connectivity index (χ1) is 13.6. The predicted octanol–water partition coefficient (Wildman–Crippen LogP) is 4.09. The Labute approximate surface area is 165 Å². The molecule has 0 saturated carbocycles. The number of nitrogens with zero attached hydrogens (tertiary/aromatic N) is 2. The van der Waals surface area contributed by atoms with Gasteiger partial charge in [-0.15, -0.1) is 11.3 Å². The Morgan fingerprint density at radius 3 is 2.50 bits per heavy atom. The summed E-state index contributed by atoms with van der Waals surface area (Å²) in [5.74, 6) is 0.0335. The Bertz CT molecular complexity index is 1170. The molecule has 1 aromatic heterocycles. The van der Waals surface area contributed by atoms with Crippen LogP contribution in [0.4, 0.5) is 5.13 Å². The second-order valence-electron chi connectivity index (χ2n) is 5.99. The van der Waals surface area contributed by atoms with Crippen LogP contribution >= 0.6 is 11.3 Å². The molecule has 0 unspecified atom stereocenters. The van der Waals surface area contributed by atoms with Crippen LogP contribution in [-0.2, 0) is 0 Å². The van der Waals surface area contributed by atoms with E-state index in [-0.39, 0.29) is 5.96 Å². The summed E-state index contributed by atoms with van der Waals surface area (Å²) >= 11 is 1.34. The van der Waals surface area contributed by atoms with E-state index in [1.165, 1.54) is 11.3 Å². The number of guanidine groups is 1. The minimum atomic E-state index is -0.395. The fraction of sp³-hybridized carbons (Fsp3) is 0. The number of hydrogen-bond donors (Lipinski definition) is 2. The van der Waals surface area contributed by atoms with Gasteiger partial charge in [0.05, 0.1) is 11.3 Å². The second-order valence-corrected chi connectivity index (χ2v) is 6.83. The highest BCUT2D eigenvalue weighted by atomic mass is 32.1. The smallest absolute Gasteiger partial charge is 0.344 e. The fourth-order valence-corrected chi connectivity index (χ4v) is 3.53. The Morgan fingerprint density at radius 2 is 1.71 bits per heavy atom. The molecule has 138 valence electrons. The van der Waals surface area contributed by atoms with E-state index in [2.05, 4.69) is 9.98 Å². The monoisotopic (exact) mass is 388 g/mol. The van der Waals surface area contributed by atoms with Gasteiger partial charge in [-0.2, -0.15) is 4.99 Å². The molecule has 0 spiro atoms. The minimum absolute atomic E-state index is 0.0309. The maximum atomic E-state index is 12.6.